The van der Waals surface area contributed by atoms with Gasteiger partial charge in [-0.05, 0) is 43.9 Å². The number of hydrogen-bond donors (Lipinski definition) is 2. The van der Waals surface area contributed by atoms with Gasteiger partial charge in [0, 0.05) is 18.5 Å². The molecule has 2 aliphatic rings. The largest absolute Gasteiger partial charge is 0.355 e. The first-order valence-corrected chi connectivity index (χ1v) is 8.76. The van der Waals surface area contributed by atoms with Gasteiger partial charge in [-0.25, -0.2) is 0 Å². The zero-order chi connectivity index (χ0) is 15.4. The minimum absolute atomic E-state index is 0. The fourth-order valence-electron chi connectivity index (χ4n) is 4.22. The van der Waals surface area contributed by atoms with E-state index in [9.17, 15) is 4.79 Å². The third-order valence-electron chi connectivity index (χ3n) is 5.56. The van der Waals surface area contributed by atoms with Crippen LogP contribution >= 0.6 is 12.4 Å². The van der Waals surface area contributed by atoms with Crippen LogP contribution in [0.1, 0.15) is 49.7 Å². The summed E-state index contributed by atoms with van der Waals surface area (Å²) in [6, 6.07) is 8.72. The Balaban J connectivity index is 0.00000192. The lowest BCUT2D eigenvalue weighted by Crippen LogP contribution is -2.44. The molecule has 1 aliphatic carbocycles. The van der Waals surface area contributed by atoms with Crippen LogP contribution in [0.4, 0.5) is 0 Å². The molecule has 2 N–H and O–H groups in total. The van der Waals surface area contributed by atoms with Crippen molar-refractivity contribution in [2.75, 3.05) is 19.6 Å². The Morgan fingerprint density at radius 2 is 2.00 bits per heavy atom. The van der Waals surface area contributed by atoms with Crippen LogP contribution in [-0.2, 0) is 10.2 Å². The molecule has 3 rings (SSSR count). The lowest BCUT2D eigenvalue weighted by Gasteiger charge is -2.39. The number of amides is 1. The zero-order valence-electron chi connectivity index (χ0n) is 14.1. The van der Waals surface area contributed by atoms with Crippen LogP contribution in [0.3, 0.4) is 0 Å². The molecule has 0 radical (unpaired) electrons. The maximum Gasteiger partial charge on any atom is 0.224 e. The molecule has 1 aromatic carbocycles. The van der Waals surface area contributed by atoms with Gasteiger partial charge in [-0.2, -0.15) is 0 Å². The first kappa shape index (κ1) is 18.3. The number of aryl methyl sites for hydroxylation is 1. The molecule has 1 saturated heterocycles. The highest BCUT2D eigenvalue weighted by atomic mass is 35.5. The van der Waals surface area contributed by atoms with Crippen molar-refractivity contribution >= 4 is 18.3 Å². The molecule has 1 unspecified atom stereocenters. The molecule has 1 atom stereocenters. The number of nitrogens with one attached hydrogen (secondary N) is 2. The topological polar surface area (TPSA) is 41.1 Å². The van der Waals surface area contributed by atoms with Crippen LogP contribution < -0.4 is 10.6 Å². The Labute approximate surface area is 146 Å². The molecule has 0 spiro atoms. The summed E-state index contributed by atoms with van der Waals surface area (Å²) in [5, 5.41) is 6.56. The molecule has 3 nitrogen and oxygen atoms in total. The van der Waals surface area contributed by atoms with E-state index in [0.29, 0.717) is 0 Å². The second-order valence-corrected chi connectivity index (χ2v) is 7.06. The molecule has 0 bridgehead atoms. The molecular formula is C19H29ClN2O. The van der Waals surface area contributed by atoms with Gasteiger partial charge in [0.15, 0.2) is 0 Å². The molecule has 0 aromatic heterocycles. The Kier molecular flexibility index (Phi) is 6.49. The summed E-state index contributed by atoms with van der Waals surface area (Å²) in [4.78, 5) is 12.4. The summed E-state index contributed by atoms with van der Waals surface area (Å²) in [6.45, 7) is 4.81. The van der Waals surface area contributed by atoms with Crippen molar-refractivity contribution in [3.05, 3.63) is 35.4 Å². The van der Waals surface area contributed by atoms with Crippen molar-refractivity contribution in [1.82, 2.24) is 10.6 Å². The van der Waals surface area contributed by atoms with Crippen LogP contribution in [0, 0.1) is 12.8 Å². The summed E-state index contributed by atoms with van der Waals surface area (Å²) < 4.78 is 0. The number of halogens is 1. The van der Waals surface area contributed by atoms with Crippen molar-refractivity contribution in [3.8, 4) is 0 Å². The Morgan fingerprint density at radius 3 is 2.65 bits per heavy atom. The quantitative estimate of drug-likeness (QED) is 0.885. The summed E-state index contributed by atoms with van der Waals surface area (Å²) in [7, 11) is 0. The number of hydrogen-bond acceptors (Lipinski definition) is 2. The van der Waals surface area contributed by atoms with E-state index >= 15 is 0 Å². The van der Waals surface area contributed by atoms with Crippen LogP contribution in [0.25, 0.3) is 0 Å². The molecule has 1 saturated carbocycles. The zero-order valence-corrected chi connectivity index (χ0v) is 14.9. The molecular weight excluding hydrogens is 308 g/mol. The van der Waals surface area contributed by atoms with Crippen molar-refractivity contribution in [3.63, 3.8) is 0 Å². The van der Waals surface area contributed by atoms with Gasteiger partial charge in [0.2, 0.25) is 5.91 Å². The molecule has 4 heteroatoms. The van der Waals surface area contributed by atoms with Gasteiger partial charge in [-0.1, -0.05) is 43.5 Å². The Bertz CT molecular complexity index is 520. The standard InChI is InChI=1S/C19H28N2O.ClH/c1-15-7-3-4-8-17(15)19(10-5-2-6-11-19)14-21-18(22)16-9-12-20-13-16;/h3-4,7-8,16,20H,2,5-6,9-14H2,1H3,(H,21,22);1H. The predicted octanol–water partition coefficient (Wildman–Crippen LogP) is 3.34. The minimum Gasteiger partial charge on any atom is -0.355 e. The second-order valence-electron chi connectivity index (χ2n) is 7.06. The second kappa shape index (κ2) is 8.16. The average molecular weight is 337 g/mol. The van der Waals surface area contributed by atoms with E-state index in [0.717, 1.165) is 26.1 Å². The third-order valence-corrected chi connectivity index (χ3v) is 5.56. The van der Waals surface area contributed by atoms with Crippen LogP contribution in [0.5, 0.6) is 0 Å². The van der Waals surface area contributed by atoms with Gasteiger partial charge in [0.05, 0.1) is 5.92 Å². The predicted molar refractivity (Wildman–Crippen MR) is 97.2 cm³/mol. The fraction of sp³-hybridized carbons (Fsp3) is 0.632. The maximum atomic E-state index is 12.4. The Hall–Kier alpha value is -1.06. The molecule has 1 aromatic rings. The highest BCUT2D eigenvalue weighted by molar-refractivity contribution is 5.85. The van der Waals surface area contributed by atoms with E-state index in [4.69, 9.17) is 0 Å². The van der Waals surface area contributed by atoms with Crippen LogP contribution in [0.2, 0.25) is 0 Å². The van der Waals surface area contributed by atoms with Crippen LogP contribution in [0.15, 0.2) is 24.3 Å². The van der Waals surface area contributed by atoms with Crippen molar-refractivity contribution < 1.29 is 4.79 Å². The van der Waals surface area contributed by atoms with Crippen molar-refractivity contribution in [2.45, 2.75) is 50.9 Å². The number of carbonyl (C=O) groups is 1. The van der Waals surface area contributed by atoms with Crippen LogP contribution in [-0.4, -0.2) is 25.5 Å². The number of benzene rings is 1. The average Bonchev–Trinajstić information content (AvgIpc) is 3.08. The van der Waals surface area contributed by atoms with Gasteiger partial charge >= 0.3 is 0 Å². The van der Waals surface area contributed by atoms with E-state index < -0.39 is 0 Å². The number of rotatable bonds is 4. The lowest BCUT2D eigenvalue weighted by molar-refractivity contribution is -0.124. The summed E-state index contributed by atoms with van der Waals surface area (Å²) in [5.41, 5.74) is 2.95. The van der Waals surface area contributed by atoms with Gasteiger partial charge in [0.1, 0.15) is 0 Å². The summed E-state index contributed by atoms with van der Waals surface area (Å²) >= 11 is 0. The number of carbonyl (C=O) groups excluding carboxylic acids is 1. The van der Waals surface area contributed by atoms with E-state index in [1.807, 2.05) is 0 Å². The van der Waals surface area contributed by atoms with Gasteiger partial charge < -0.3 is 10.6 Å². The highest BCUT2D eigenvalue weighted by Crippen LogP contribution is 2.40. The molecule has 2 fully saturated rings. The summed E-state index contributed by atoms with van der Waals surface area (Å²) in [6.07, 6.45) is 7.24. The van der Waals surface area contributed by atoms with E-state index in [-0.39, 0.29) is 29.6 Å². The lowest BCUT2D eigenvalue weighted by atomic mass is 9.68. The normalized spacial score (nSPS) is 23.1. The molecule has 1 heterocycles. The van der Waals surface area contributed by atoms with Gasteiger partial charge in [-0.3, -0.25) is 4.79 Å². The van der Waals surface area contributed by atoms with Crippen molar-refractivity contribution in [1.29, 1.82) is 0 Å². The molecule has 128 valence electrons. The fourth-order valence-corrected chi connectivity index (χ4v) is 4.22. The highest BCUT2D eigenvalue weighted by Gasteiger charge is 2.36. The third kappa shape index (κ3) is 4.07. The monoisotopic (exact) mass is 336 g/mol. The Morgan fingerprint density at radius 1 is 1.26 bits per heavy atom. The maximum absolute atomic E-state index is 12.4. The van der Waals surface area contributed by atoms with Gasteiger partial charge in [-0.15, -0.1) is 12.4 Å². The molecule has 1 amide bonds. The van der Waals surface area contributed by atoms with E-state index in [1.165, 1.54) is 43.2 Å². The molecule has 23 heavy (non-hydrogen) atoms. The first-order valence-electron chi connectivity index (χ1n) is 8.76. The SMILES string of the molecule is Cc1ccccc1C1(CNC(=O)C2CCNC2)CCCCC1.Cl. The summed E-state index contributed by atoms with van der Waals surface area (Å²) in [5.74, 6) is 0.404. The van der Waals surface area contributed by atoms with Crippen molar-refractivity contribution in [2.24, 2.45) is 5.92 Å². The molecule has 1 aliphatic heterocycles. The van der Waals surface area contributed by atoms with Gasteiger partial charge in [0.25, 0.3) is 0 Å². The minimum atomic E-state index is 0. The van der Waals surface area contributed by atoms with E-state index in [2.05, 4.69) is 41.8 Å². The first-order chi connectivity index (χ1) is 10.7. The smallest absolute Gasteiger partial charge is 0.224 e. The van der Waals surface area contributed by atoms with E-state index in [1.54, 1.807) is 0 Å².